The van der Waals surface area contributed by atoms with E-state index in [2.05, 4.69) is 0 Å². The van der Waals surface area contributed by atoms with Gasteiger partial charge in [0.25, 0.3) is 0 Å². The van der Waals surface area contributed by atoms with Crippen molar-refractivity contribution in [2.75, 3.05) is 30.4 Å². The van der Waals surface area contributed by atoms with Crippen LogP contribution < -0.4 is 14.4 Å². The molecule has 0 saturated heterocycles. The molecule has 0 aliphatic carbocycles. The highest BCUT2D eigenvalue weighted by molar-refractivity contribution is 7.84. The topological polar surface area (TPSA) is 55.8 Å². The average molecular weight is 406 g/mol. The number of rotatable bonds is 4. The molecule has 7 heteroatoms. The summed E-state index contributed by atoms with van der Waals surface area (Å²) < 4.78 is 23.9. The van der Waals surface area contributed by atoms with Crippen molar-refractivity contribution in [3.8, 4) is 11.5 Å². The summed E-state index contributed by atoms with van der Waals surface area (Å²) in [5.41, 5.74) is 2.86. The SMILES string of the molecule is O=C(C[S@@](=O)Cc1cc(Cl)c2c(c1)OCCCO2)N1CCc2ccccc21. The Morgan fingerprint density at radius 1 is 1.19 bits per heavy atom. The van der Waals surface area contributed by atoms with E-state index in [0.29, 0.717) is 36.3 Å². The van der Waals surface area contributed by atoms with E-state index in [9.17, 15) is 9.00 Å². The van der Waals surface area contributed by atoms with Crippen molar-refractivity contribution >= 4 is 34.0 Å². The van der Waals surface area contributed by atoms with Gasteiger partial charge in [-0.15, -0.1) is 0 Å². The number of hydrogen-bond donors (Lipinski definition) is 0. The fraction of sp³-hybridized carbons (Fsp3) is 0.350. The maximum Gasteiger partial charge on any atom is 0.239 e. The summed E-state index contributed by atoms with van der Waals surface area (Å²) in [7, 11) is -1.33. The second-order valence-electron chi connectivity index (χ2n) is 6.61. The Bertz CT molecular complexity index is 902. The Hall–Kier alpha value is -2.05. The van der Waals surface area contributed by atoms with Gasteiger partial charge in [-0.05, 0) is 35.7 Å². The second-order valence-corrected chi connectivity index (χ2v) is 8.47. The first-order valence-electron chi connectivity index (χ1n) is 8.93. The van der Waals surface area contributed by atoms with Crippen LogP contribution in [0, 0.1) is 0 Å². The lowest BCUT2D eigenvalue weighted by Crippen LogP contribution is -2.33. The number of halogens is 1. The molecule has 1 atom stereocenters. The fourth-order valence-electron chi connectivity index (χ4n) is 3.42. The van der Waals surface area contributed by atoms with Gasteiger partial charge in [-0.3, -0.25) is 9.00 Å². The molecular weight excluding hydrogens is 386 g/mol. The molecule has 2 aromatic rings. The third-order valence-corrected chi connectivity index (χ3v) is 6.17. The van der Waals surface area contributed by atoms with Crippen LogP contribution in [0.15, 0.2) is 36.4 Å². The third kappa shape index (κ3) is 3.96. The largest absolute Gasteiger partial charge is 0.489 e. The molecule has 27 heavy (non-hydrogen) atoms. The summed E-state index contributed by atoms with van der Waals surface area (Å²) in [6.45, 7) is 1.76. The molecule has 2 aliphatic rings. The molecule has 0 bridgehead atoms. The summed E-state index contributed by atoms with van der Waals surface area (Å²) in [4.78, 5) is 14.3. The van der Waals surface area contributed by atoms with Crippen molar-refractivity contribution in [2.24, 2.45) is 0 Å². The monoisotopic (exact) mass is 405 g/mol. The van der Waals surface area contributed by atoms with Gasteiger partial charge in [0.1, 0.15) is 5.75 Å². The van der Waals surface area contributed by atoms with Gasteiger partial charge >= 0.3 is 0 Å². The van der Waals surface area contributed by atoms with Crippen molar-refractivity contribution in [3.05, 3.63) is 52.5 Å². The second kappa shape index (κ2) is 7.90. The number of benzene rings is 2. The first kappa shape index (κ1) is 18.3. The molecule has 0 N–H and O–H groups in total. The van der Waals surface area contributed by atoms with Crippen LogP contribution in [0.25, 0.3) is 0 Å². The average Bonchev–Trinajstić information content (AvgIpc) is 2.93. The summed E-state index contributed by atoms with van der Waals surface area (Å²) >= 11 is 6.29. The third-order valence-electron chi connectivity index (χ3n) is 4.66. The standard InChI is InChI=1S/C20H20ClNO4S/c21-16-10-14(11-18-20(16)26-9-3-8-25-18)12-27(24)13-19(23)22-7-6-15-4-1-2-5-17(15)22/h1-2,4-5,10-11H,3,6-9,12-13H2/t27-/m0/s1. The Balaban J connectivity index is 1.43. The van der Waals surface area contributed by atoms with Crippen LogP contribution in [0.5, 0.6) is 11.5 Å². The minimum absolute atomic E-state index is 0.0135. The highest BCUT2D eigenvalue weighted by Crippen LogP contribution is 2.38. The fourth-order valence-corrected chi connectivity index (χ4v) is 4.78. The summed E-state index contributed by atoms with van der Waals surface area (Å²) in [5, 5.41) is 0.446. The molecule has 0 spiro atoms. The number of amides is 1. The molecule has 142 valence electrons. The van der Waals surface area contributed by atoms with Crippen LogP contribution in [0.2, 0.25) is 5.02 Å². The van der Waals surface area contributed by atoms with E-state index < -0.39 is 10.8 Å². The van der Waals surface area contributed by atoms with Crippen molar-refractivity contribution in [1.29, 1.82) is 0 Å². The molecule has 0 aromatic heterocycles. The highest BCUT2D eigenvalue weighted by atomic mass is 35.5. The number of carbonyl (C=O) groups is 1. The van der Waals surface area contributed by atoms with E-state index in [1.807, 2.05) is 24.3 Å². The van der Waals surface area contributed by atoms with Gasteiger partial charge in [0, 0.05) is 35.2 Å². The van der Waals surface area contributed by atoms with Crippen LogP contribution in [0.4, 0.5) is 5.69 Å². The van der Waals surface area contributed by atoms with E-state index in [1.54, 1.807) is 17.0 Å². The minimum atomic E-state index is -1.33. The van der Waals surface area contributed by atoms with E-state index in [1.165, 1.54) is 0 Å². The van der Waals surface area contributed by atoms with Crippen molar-refractivity contribution < 1.29 is 18.5 Å². The zero-order valence-electron chi connectivity index (χ0n) is 14.8. The maximum atomic E-state index is 12.6. The molecule has 0 radical (unpaired) electrons. The zero-order valence-corrected chi connectivity index (χ0v) is 16.4. The van der Waals surface area contributed by atoms with Gasteiger partial charge in [0.15, 0.2) is 11.5 Å². The zero-order chi connectivity index (χ0) is 18.8. The lowest BCUT2D eigenvalue weighted by Gasteiger charge is -2.17. The summed E-state index contributed by atoms with van der Waals surface area (Å²) in [6.07, 6.45) is 1.63. The van der Waals surface area contributed by atoms with Gasteiger partial charge < -0.3 is 14.4 Å². The molecule has 2 heterocycles. The van der Waals surface area contributed by atoms with Crippen molar-refractivity contribution in [1.82, 2.24) is 0 Å². The van der Waals surface area contributed by atoms with Crippen molar-refractivity contribution in [3.63, 3.8) is 0 Å². The first-order chi connectivity index (χ1) is 13.1. The van der Waals surface area contributed by atoms with Crippen LogP contribution in [-0.4, -0.2) is 35.6 Å². The smallest absolute Gasteiger partial charge is 0.239 e. The molecule has 2 aliphatic heterocycles. The number of ether oxygens (including phenoxy) is 2. The molecule has 2 aromatic carbocycles. The van der Waals surface area contributed by atoms with Gasteiger partial charge in [-0.1, -0.05) is 29.8 Å². The van der Waals surface area contributed by atoms with Gasteiger partial charge in [-0.25, -0.2) is 0 Å². The Labute approximate surface area is 165 Å². The molecule has 1 amide bonds. The predicted octanol–water partition coefficient (Wildman–Crippen LogP) is 3.34. The van der Waals surface area contributed by atoms with E-state index in [-0.39, 0.29) is 17.4 Å². The summed E-state index contributed by atoms with van der Waals surface area (Å²) in [5.74, 6) is 1.23. The van der Waals surface area contributed by atoms with E-state index in [0.717, 1.165) is 29.7 Å². The Kier molecular flexibility index (Phi) is 5.36. The molecule has 0 saturated carbocycles. The van der Waals surface area contributed by atoms with Crippen LogP contribution >= 0.6 is 11.6 Å². The number of para-hydroxylation sites is 1. The normalized spacial score (nSPS) is 16.6. The quantitative estimate of drug-likeness (QED) is 0.782. The number of carbonyl (C=O) groups excluding carboxylic acids is 1. The number of anilines is 1. The molecule has 5 nitrogen and oxygen atoms in total. The van der Waals surface area contributed by atoms with Gasteiger partial charge in [0.05, 0.1) is 18.2 Å². The number of nitrogens with zero attached hydrogens (tertiary/aromatic N) is 1. The number of hydrogen-bond acceptors (Lipinski definition) is 4. The summed E-state index contributed by atoms with van der Waals surface area (Å²) in [6, 6.07) is 11.4. The highest BCUT2D eigenvalue weighted by Gasteiger charge is 2.25. The Morgan fingerprint density at radius 2 is 2.00 bits per heavy atom. The van der Waals surface area contributed by atoms with Gasteiger partial charge in [-0.2, -0.15) is 0 Å². The first-order valence-corrected chi connectivity index (χ1v) is 10.8. The van der Waals surface area contributed by atoms with E-state index >= 15 is 0 Å². The molecular formula is C20H20ClNO4S. The van der Waals surface area contributed by atoms with Crippen LogP contribution in [-0.2, 0) is 27.8 Å². The Morgan fingerprint density at radius 3 is 2.89 bits per heavy atom. The molecule has 0 unspecified atom stereocenters. The van der Waals surface area contributed by atoms with Gasteiger partial charge in [0.2, 0.25) is 5.91 Å². The maximum absolute atomic E-state index is 12.6. The molecule has 4 rings (SSSR count). The van der Waals surface area contributed by atoms with E-state index in [4.69, 9.17) is 21.1 Å². The molecule has 0 fully saturated rings. The van der Waals surface area contributed by atoms with Crippen LogP contribution in [0.3, 0.4) is 0 Å². The van der Waals surface area contributed by atoms with Crippen LogP contribution in [0.1, 0.15) is 17.5 Å². The predicted molar refractivity (Wildman–Crippen MR) is 106 cm³/mol. The van der Waals surface area contributed by atoms with Crippen molar-refractivity contribution in [2.45, 2.75) is 18.6 Å². The lowest BCUT2D eigenvalue weighted by atomic mass is 10.2. The lowest BCUT2D eigenvalue weighted by molar-refractivity contribution is -0.116. The number of fused-ring (bicyclic) bond motifs is 2. The minimum Gasteiger partial charge on any atom is -0.489 e.